The molecule has 18 heavy (non-hydrogen) atoms. The van der Waals surface area contributed by atoms with Crippen molar-refractivity contribution < 1.29 is 9.90 Å². The number of rotatable bonds is 2. The van der Waals surface area contributed by atoms with Crippen molar-refractivity contribution in [1.29, 1.82) is 0 Å². The third kappa shape index (κ3) is 3.28. The monoisotopic (exact) mass is 290 g/mol. The summed E-state index contributed by atoms with van der Waals surface area (Å²) in [6, 6.07) is 4.90. The predicted molar refractivity (Wildman–Crippen MR) is 75.4 cm³/mol. The number of hydrogen-bond acceptors (Lipinski definition) is 3. The molecule has 0 aliphatic carbocycles. The number of carboxylic acid groups (broad SMARTS) is 1. The average molecular weight is 291 g/mol. The molecule has 1 heterocycles. The van der Waals surface area contributed by atoms with Crippen LogP contribution in [-0.2, 0) is 0 Å². The SMILES string of the molecule is CN1CCN(c2ccc(C(=O)O)cc2Cl)CC1.Cl. The molecule has 1 aromatic rings. The van der Waals surface area contributed by atoms with Crippen LogP contribution < -0.4 is 4.90 Å². The molecular formula is C12H16Cl2N2O2. The zero-order valence-electron chi connectivity index (χ0n) is 10.1. The van der Waals surface area contributed by atoms with Crippen LogP contribution in [-0.4, -0.2) is 49.2 Å². The van der Waals surface area contributed by atoms with E-state index in [0.29, 0.717) is 5.02 Å². The van der Waals surface area contributed by atoms with Gasteiger partial charge in [0.2, 0.25) is 0 Å². The van der Waals surface area contributed by atoms with Crippen LogP contribution in [0.3, 0.4) is 0 Å². The molecule has 0 radical (unpaired) electrons. The van der Waals surface area contributed by atoms with Gasteiger partial charge in [0.05, 0.1) is 16.3 Å². The van der Waals surface area contributed by atoms with Crippen molar-refractivity contribution >= 4 is 35.7 Å². The number of anilines is 1. The predicted octanol–water partition coefficient (Wildman–Crippen LogP) is 2.21. The fraction of sp³-hybridized carbons (Fsp3) is 0.417. The Balaban J connectivity index is 0.00000162. The van der Waals surface area contributed by atoms with E-state index in [-0.39, 0.29) is 18.0 Å². The highest BCUT2D eigenvalue weighted by atomic mass is 35.5. The Bertz CT molecular complexity index is 432. The number of carbonyl (C=O) groups is 1. The zero-order valence-corrected chi connectivity index (χ0v) is 11.7. The molecule has 6 heteroatoms. The lowest BCUT2D eigenvalue weighted by atomic mass is 10.2. The summed E-state index contributed by atoms with van der Waals surface area (Å²) < 4.78 is 0. The Kier molecular flexibility index (Phi) is 5.26. The first-order valence-electron chi connectivity index (χ1n) is 5.54. The van der Waals surface area contributed by atoms with Crippen LogP contribution in [0.4, 0.5) is 5.69 Å². The number of piperazine rings is 1. The minimum absolute atomic E-state index is 0. The van der Waals surface area contributed by atoms with Crippen molar-refractivity contribution in [3.63, 3.8) is 0 Å². The van der Waals surface area contributed by atoms with E-state index in [0.717, 1.165) is 31.9 Å². The summed E-state index contributed by atoms with van der Waals surface area (Å²) in [5.41, 5.74) is 1.15. The van der Waals surface area contributed by atoms with Crippen molar-refractivity contribution in [2.75, 3.05) is 38.1 Å². The van der Waals surface area contributed by atoms with Gasteiger partial charge in [0.25, 0.3) is 0 Å². The summed E-state index contributed by atoms with van der Waals surface area (Å²) in [4.78, 5) is 15.3. The first kappa shape index (κ1) is 15.1. The van der Waals surface area contributed by atoms with Crippen molar-refractivity contribution in [2.24, 2.45) is 0 Å². The molecule has 1 aromatic carbocycles. The number of halogens is 2. The average Bonchev–Trinajstić information content (AvgIpc) is 2.30. The first-order valence-corrected chi connectivity index (χ1v) is 5.92. The van der Waals surface area contributed by atoms with Crippen LogP contribution in [0.2, 0.25) is 5.02 Å². The smallest absolute Gasteiger partial charge is 0.335 e. The largest absolute Gasteiger partial charge is 0.478 e. The lowest BCUT2D eigenvalue weighted by Crippen LogP contribution is -2.44. The zero-order chi connectivity index (χ0) is 12.4. The second kappa shape index (κ2) is 6.27. The summed E-state index contributed by atoms with van der Waals surface area (Å²) in [7, 11) is 2.09. The van der Waals surface area contributed by atoms with E-state index in [1.165, 1.54) is 6.07 Å². The number of nitrogens with zero attached hydrogens (tertiary/aromatic N) is 2. The molecule has 2 rings (SSSR count). The second-order valence-corrected chi connectivity index (χ2v) is 4.67. The molecule has 1 saturated heterocycles. The third-order valence-electron chi connectivity index (χ3n) is 3.04. The minimum atomic E-state index is -0.947. The summed E-state index contributed by atoms with van der Waals surface area (Å²) in [6.45, 7) is 3.83. The Morgan fingerprint density at radius 3 is 2.39 bits per heavy atom. The van der Waals surface area contributed by atoms with Crippen molar-refractivity contribution in [3.8, 4) is 0 Å². The van der Waals surface area contributed by atoms with Gasteiger partial charge in [-0.1, -0.05) is 11.6 Å². The fourth-order valence-corrected chi connectivity index (χ4v) is 2.24. The van der Waals surface area contributed by atoms with Crippen LogP contribution in [0.5, 0.6) is 0 Å². The molecule has 0 atom stereocenters. The molecule has 1 aliphatic rings. The van der Waals surface area contributed by atoms with Gasteiger partial charge in [-0.05, 0) is 25.2 Å². The molecule has 0 amide bonds. The molecule has 0 spiro atoms. The molecule has 0 saturated carbocycles. The van der Waals surface area contributed by atoms with Gasteiger partial charge in [-0.15, -0.1) is 12.4 Å². The Morgan fingerprint density at radius 1 is 1.28 bits per heavy atom. The van der Waals surface area contributed by atoms with Crippen molar-refractivity contribution in [1.82, 2.24) is 4.90 Å². The molecule has 0 aromatic heterocycles. The molecule has 1 aliphatic heterocycles. The van der Waals surface area contributed by atoms with Gasteiger partial charge in [0.15, 0.2) is 0 Å². The Morgan fingerprint density at radius 2 is 1.89 bits per heavy atom. The normalized spacial score (nSPS) is 16.2. The molecule has 1 N–H and O–H groups in total. The van der Waals surface area contributed by atoms with Crippen LogP contribution in [0.1, 0.15) is 10.4 Å². The number of likely N-dealkylation sites (N-methyl/N-ethyl adjacent to an activating group) is 1. The van der Waals surface area contributed by atoms with E-state index in [2.05, 4.69) is 16.8 Å². The maximum Gasteiger partial charge on any atom is 0.335 e. The number of carboxylic acids is 1. The molecule has 0 unspecified atom stereocenters. The minimum Gasteiger partial charge on any atom is -0.478 e. The van der Waals surface area contributed by atoms with E-state index in [4.69, 9.17) is 16.7 Å². The van der Waals surface area contributed by atoms with Crippen LogP contribution >= 0.6 is 24.0 Å². The maximum atomic E-state index is 10.8. The topological polar surface area (TPSA) is 43.8 Å². The summed E-state index contributed by atoms with van der Waals surface area (Å²) in [5.74, 6) is -0.947. The van der Waals surface area contributed by atoms with Crippen molar-refractivity contribution in [3.05, 3.63) is 28.8 Å². The molecule has 100 valence electrons. The molecule has 0 bridgehead atoms. The van der Waals surface area contributed by atoms with Gasteiger partial charge in [-0.3, -0.25) is 0 Å². The fourth-order valence-electron chi connectivity index (χ4n) is 1.94. The second-order valence-electron chi connectivity index (χ2n) is 4.26. The third-order valence-corrected chi connectivity index (χ3v) is 3.34. The standard InChI is InChI=1S/C12H15ClN2O2.ClH/c1-14-4-6-15(7-5-14)11-3-2-9(12(16)17)8-10(11)13;/h2-3,8H,4-7H2,1H3,(H,16,17);1H. The molecule has 1 fully saturated rings. The Hall–Kier alpha value is -0.970. The number of benzene rings is 1. The van der Waals surface area contributed by atoms with E-state index in [1.54, 1.807) is 12.1 Å². The highest BCUT2D eigenvalue weighted by Crippen LogP contribution is 2.27. The van der Waals surface area contributed by atoms with Gasteiger partial charge >= 0.3 is 5.97 Å². The van der Waals surface area contributed by atoms with Gasteiger partial charge < -0.3 is 14.9 Å². The highest BCUT2D eigenvalue weighted by molar-refractivity contribution is 6.33. The summed E-state index contributed by atoms with van der Waals surface area (Å²) in [6.07, 6.45) is 0. The van der Waals surface area contributed by atoms with Gasteiger partial charge in [-0.2, -0.15) is 0 Å². The number of hydrogen-bond donors (Lipinski definition) is 1. The lowest BCUT2D eigenvalue weighted by molar-refractivity contribution is 0.0697. The summed E-state index contributed by atoms with van der Waals surface area (Å²) in [5, 5.41) is 9.38. The Labute approximate surface area is 118 Å². The van der Waals surface area contributed by atoms with Crippen LogP contribution in [0.25, 0.3) is 0 Å². The van der Waals surface area contributed by atoms with Crippen LogP contribution in [0.15, 0.2) is 18.2 Å². The van der Waals surface area contributed by atoms with Gasteiger partial charge in [-0.25, -0.2) is 4.79 Å². The number of aromatic carboxylic acids is 1. The lowest BCUT2D eigenvalue weighted by Gasteiger charge is -2.34. The van der Waals surface area contributed by atoms with E-state index >= 15 is 0 Å². The quantitative estimate of drug-likeness (QED) is 0.907. The molecule has 4 nitrogen and oxygen atoms in total. The highest BCUT2D eigenvalue weighted by Gasteiger charge is 2.17. The van der Waals surface area contributed by atoms with Gasteiger partial charge in [0, 0.05) is 26.2 Å². The van der Waals surface area contributed by atoms with E-state index in [1.807, 2.05) is 0 Å². The van der Waals surface area contributed by atoms with E-state index in [9.17, 15) is 4.79 Å². The summed E-state index contributed by atoms with van der Waals surface area (Å²) >= 11 is 6.12. The molecular weight excluding hydrogens is 275 g/mol. The van der Waals surface area contributed by atoms with Gasteiger partial charge in [0.1, 0.15) is 0 Å². The first-order chi connectivity index (χ1) is 8.08. The van der Waals surface area contributed by atoms with E-state index < -0.39 is 5.97 Å². The van der Waals surface area contributed by atoms with Crippen molar-refractivity contribution in [2.45, 2.75) is 0 Å². The van der Waals surface area contributed by atoms with Crippen LogP contribution in [0, 0.1) is 0 Å². The maximum absolute atomic E-state index is 10.8.